The predicted molar refractivity (Wildman–Crippen MR) is 122 cm³/mol. The Bertz CT molecular complexity index is 1170. The molecular weight excluding hydrogens is 416 g/mol. The van der Waals surface area contributed by atoms with Crippen LogP contribution < -0.4 is 16.2 Å². The first-order chi connectivity index (χ1) is 15.0. The average Bonchev–Trinajstić information content (AvgIpc) is 2.78. The van der Waals surface area contributed by atoms with Crippen LogP contribution in [0.15, 0.2) is 41.3 Å². The summed E-state index contributed by atoms with van der Waals surface area (Å²) in [5.74, 6) is 0.527. The van der Waals surface area contributed by atoms with Crippen molar-refractivity contribution >= 4 is 34.5 Å². The van der Waals surface area contributed by atoms with Gasteiger partial charge in [0.15, 0.2) is 0 Å². The fraction of sp³-hybridized carbons (Fsp3) is 0.364. The summed E-state index contributed by atoms with van der Waals surface area (Å²) in [4.78, 5) is 35.7. The number of nitrogens with zero attached hydrogens (tertiary/aromatic N) is 4. The van der Waals surface area contributed by atoms with E-state index in [-0.39, 0.29) is 17.5 Å². The molecule has 3 aromatic rings. The number of likely N-dealkylation sites (tertiary alicyclic amines) is 1. The molecule has 1 aromatic carbocycles. The minimum Gasteiger partial charge on any atom is -0.358 e. The van der Waals surface area contributed by atoms with Crippen molar-refractivity contribution in [1.82, 2.24) is 24.8 Å². The third-order valence-corrected chi connectivity index (χ3v) is 6.01. The summed E-state index contributed by atoms with van der Waals surface area (Å²) >= 11 is 6.30. The van der Waals surface area contributed by atoms with Crippen LogP contribution in [-0.4, -0.2) is 58.1 Å². The first-order valence-corrected chi connectivity index (χ1v) is 10.6. The van der Waals surface area contributed by atoms with Gasteiger partial charge in [-0.2, -0.15) is 4.98 Å². The summed E-state index contributed by atoms with van der Waals surface area (Å²) < 4.78 is 1.53. The highest BCUT2D eigenvalue weighted by molar-refractivity contribution is 6.33. The van der Waals surface area contributed by atoms with E-state index < -0.39 is 0 Å². The lowest BCUT2D eigenvalue weighted by atomic mass is 10.1. The maximum Gasteiger partial charge on any atom is 0.259 e. The van der Waals surface area contributed by atoms with E-state index in [2.05, 4.69) is 25.5 Å². The molecule has 1 aliphatic heterocycles. The number of benzene rings is 1. The topological polar surface area (TPSA) is 92.2 Å². The zero-order valence-corrected chi connectivity index (χ0v) is 18.3. The predicted octanol–water partition coefficient (Wildman–Crippen LogP) is 2.27. The van der Waals surface area contributed by atoms with Gasteiger partial charge in [-0.3, -0.25) is 19.1 Å². The Balaban J connectivity index is 1.54. The van der Waals surface area contributed by atoms with Crippen molar-refractivity contribution in [1.29, 1.82) is 0 Å². The fourth-order valence-electron chi connectivity index (χ4n) is 3.89. The highest BCUT2D eigenvalue weighted by Gasteiger charge is 2.21. The largest absolute Gasteiger partial charge is 0.358 e. The van der Waals surface area contributed by atoms with Gasteiger partial charge in [-0.1, -0.05) is 29.8 Å². The number of hydrogen-bond acceptors (Lipinski definition) is 6. The number of anilines is 1. The Morgan fingerprint density at radius 2 is 1.97 bits per heavy atom. The molecule has 0 atom stereocenters. The second-order valence-electron chi connectivity index (χ2n) is 7.74. The first-order valence-electron chi connectivity index (χ1n) is 10.3. The minimum atomic E-state index is -0.159. The zero-order chi connectivity index (χ0) is 22.0. The molecule has 0 aliphatic carbocycles. The van der Waals surface area contributed by atoms with Crippen molar-refractivity contribution in [2.24, 2.45) is 7.05 Å². The molecule has 1 aliphatic rings. The zero-order valence-electron chi connectivity index (χ0n) is 17.6. The number of aryl methyl sites for hydroxylation is 1. The van der Waals surface area contributed by atoms with E-state index in [1.165, 1.54) is 4.57 Å². The smallest absolute Gasteiger partial charge is 0.259 e. The summed E-state index contributed by atoms with van der Waals surface area (Å²) in [6, 6.07) is 9.30. The van der Waals surface area contributed by atoms with Crippen LogP contribution in [0.25, 0.3) is 22.2 Å². The number of likely N-dealkylation sites (N-methyl/N-ethyl adjacent to an activating group) is 1. The Hall–Kier alpha value is -2.97. The highest BCUT2D eigenvalue weighted by Crippen LogP contribution is 2.27. The van der Waals surface area contributed by atoms with Crippen molar-refractivity contribution in [2.45, 2.75) is 18.9 Å². The van der Waals surface area contributed by atoms with Crippen molar-refractivity contribution in [3.63, 3.8) is 0 Å². The number of carbonyl (C=O) groups is 1. The number of piperidine rings is 1. The van der Waals surface area contributed by atoms with Crippen LogP contribution in [0.2, 0.25) is 5.02 Å². The molecule has 1 fully saturated rings. The number of rotatable bonds is 5. The molecule has 2 aromatic heterocycles. The monoisotopic (exact) mass is 440 g/mol. The van der Waals surface area contributed by atoms with E-state index in [9.17, 15) is 9.59 Å². The molecule has 162 valence electrons. The number of fused-ring (bicyclic) bond motifs is 1. The van der Waals surface area contributed by atoms with Crippen LogP contribution in [0.1, 0.15) is 12.8 Å². The van der Waals surface area contributed by atoms with Crippen LogP contribution in [0, 0.1) is 0 Å². The highest BCUT2D eigenvalue weighted by atomic mass is 35.5. The minimum absolute atomic E-state index is 0.0290. The van der Waals surface area contributed by atoms with E-state index >= 15 is 0 Å². The van der Waals surface area contributed by atoms with Crippen LogP contribution in [0.5, 0.6) is 0 Å². The molecule has 2 N–H and O–H groups in total. The molecule has 0 spiro atoms. The number of hydrogen-bond donors (Lipinski definition) is 2. The second-order valence-corrected chi connectivity index (χ2v) is 8.15. The number of carbonyl (C=O) groups excluding carboxylic acids is 1. The van der Waals surface area contributed by atoms with Gasteiger partial charge in [-0.05, 0) is 25.0 Å². The summed E-state index contributed by atoms with van der Waals surface area (Å²) in [5, 5.41) is 7.33. The molecule has 1 saturated heterocycles. The van der Waals surface area contributed by atoms with Gasteiger partial charge in [0.2, 0.25) is 11.9 Å². The van der Waals surface area contributed by atoms with E-state index in [1.807, 2.05) is 18.2 Å². The number of halogens is 1. The van der Waals surface area contributed by atoms with Crippen LogP contribution in [0.3, 0.4) is 0 Å². The van der Waals surface area contributed by atoms with Crippen LogP contribution >= 0.6 is 11.6 Å². The molecule has 4 rings (SSSR count). The lowest BCUT2D eigenvalue weighted by molar-refractivity contribution is -0.122. The van der Waals surface area contributed by atoms with E-state index in [0.29, 0.717) is 34.3 Å². The number of amides is 1. The summed E-state index contributed by atoms with van der Waals surface area (Å²) in [6.07, 6.45) is 3.51. The van der Waals surface area contributed by atoms with E-state index in [1.54, 1.807) is 32.4 Å². The van der Waals surface area contributed by atoms with Crippen molar-refractivity contribution < 1.29 is 4.79 Å². The van der Waals surface area contributed by atoms with Gasteiger partial charge < -0.3 is 10.6 Å². The lowest BCUT2D eigenvalue weighted by Crippen LogP contribution is -2.43. The second kappa shape index (κ2) is 9.03. The third kappa shape index (κ3) is 4.55. The molecule has 3 heterocycles. The van der Waals surface area contributed by atoms with E-state index in [4.69, 9.17) is 11.6 Å². The molecule has 8 nitrogen and oxygen atoms in total. The van der Waals surface area contributed by atoms with Crippen molar-refractivity contribution in [3.8, 4) is 11.1 Å². The molecule has 0 bridgehead atoms. The average molecular weight is 441 g/mol. The number of nitrogens with one attached hydrogen (secondary N) is 2. The Kier molecular flexibility index (Phi) is 6.20. The maximum absolute atomic E-state index is 13.0. The first kappa shape index (κ1) is 21.3. The van der Waals surface area contributed by atoms with Crippen LogP contribution in [0.4, 0.5) is 5.95 Å². The summed E-state index contributed by atoms with van der Waals surface area (Å²) in [7, 11) is 3.36. The van der Waals surface area contributed by atoms with Gasteiger partial charge in [0.1, 0.15) is 5.65 Å². The molecule has 0 radical (unpaired) electrons. The third-order valence-electron chi connectivity index (χ3n) is 5.68. The van der Waals surface area contributed by atoms with Crippen molar-refractivity contribution in [2.75, 3.05) is 32.0 Å². The molecule has 0 saturated carbocycles. The molecule has 31 heavy (non-hydrogen) atoms. The van der Waals surface area contributed by atoms with Gasteiger partial charge in [0, 0.05) is 61.0 Å². The van der Waals surface area contributed by atoms with Gasteiger partial charge in [0.25, 0.3) is 5.56 Å². The van der Waals surface area contributed by atoms with E-state index in [0.717, 1.165) is 31.3 Å². The van der Waals surface area contributed by atoms with Gasteiger partial charge in [-0.25, -0.2) is 4.98 Å². The summed E-state index contributed by atoms with van der Waals surface area (Å²) in [6.45, 7) is 2.09. The Morgan fingerprint density at radius 1 is 1.23 bits per heavy atom. The fourth-order valence-corrected chi connectivity index (χ4v) is 4.13. The Labute approximate surface area is 185 Å². The summed E-state index contributed by atoms with van der Waals surface area (Å²) in [5.41, 5.74) is 1.62. The SMILES string of the molecule is CNC(=O)CN1CCC(Nc2ncc3cc(-c4ccccc4Cl)c(=O)n(C)c3n2)CC1. The van der Waals surface area contributed by atoms with Crippen molar-refractivity contribution in [3.05, 3.63) is 51.9 Å². The molecule has 1 amide bonds. The standard InChI is InChI=1S/C22H25ClN6O2/c1-24-19(30)13-29-9-7-15(8-10-29)26-22-25-12-14-11-17(16-5-3-4-6-18(16)23)21(31)28(2)20(14)27-22/h3-6,11-12,15H,7-10,13H2,1-2H3,(H,24,30)(H,25,26,27). The molecule has 9 heteroatoms. The lowest BCUT2D eigenvalue weighted by Gasteiger charge is -2.31. The molecule has 0 unspecified atom stereocenters. The quantitative estimate of drug-likeness (QED) is 0.632. The van der Waals surface area contributed by atoms with Crippen LogP contribution in [-0.2, 0) is 11.8 Å². The number of aromatic nitrogens is 3. The van der Waals surface area contributed by atoms with Gasteiger partial charge in [0.05, 0.1) is 6.54 Å². The normalized spacial score (nSPS) is 15.2. The van der Waals surface area contributed by atoms with Gasteiger partial charge in [-0.15, -0.1) is 0 Å². The van der Waals surface area contributed by atoms with Gasteiger partial charge >= 0.3 is 0 Å². The maximum atomic E-state index is 13.0. The Morgan fingerprint density at radius 3 is 2.68 bits per heavy atom. The molecular formula is C22H25ClN6O2. The number of pyridine rings is 1.